The van der Waals surface area contributed by atoms with Crippen molar-refractivity contribution < 1.29 is 4.74 Å². The van der Waals surface area contributed by atoms with Gasteiger partial charge < -0.3 is 10.1 Å². The number of rotatable bonds is 4. The van der Waals surface area contributed by atoms with Gasteiger partial charge in [0.25, 0.3) is 0 Å². The Morgan fingerprint density at radius 1 is 1.00 bits per heavy atom. The molecule has 21 heavy (non-hydrogen) atoms. The molecule has 0 unspecified atom stereocenters. The molecule has 2 aromatic carbocycles. The highest BCUT2D eigenvalue weighted by atomic mass is 35.5. The summed E-state index contributed by atoms with van der Waals surface area (Å²) in [6, 6.07) is 7.46. The van der Waals surface area contributed by atoms with E-state index in [1.165, 1.54) is 0 Å². The van der Waals surface area contributed by atoms with Gasteiger partial charge in [0.2, 0.25) is 0 Å². The third kappa shape index (κ3) is 3.39. The number of hydrogen-bond acceptors (Lipinski definition) is 2. The summed E-state index contributed by atoms with van der Waals surface area (Å²) in [5.74, 6) is 0.878. The van der Waals surface area contributed by atoms with Gasteiger partial charge in [-0.2, -0.15) is 0 Å². The van der Waals surface area contributed by atoms with Crippen LogP contribution in [0.3, 0.4) is 0 Å². The molecule has 0 atom stereocenters. The van der Waals surface area contributed by atoms with E-state index >= 15 is 0 Å². The lowest BCUT2D eigenvalue weighted by Gasteiger charge is -2.16. The Labute approximate surface area is 140 Å². The zero-order valence-corrected chi connectivity index (χ0v) is 14.3. The largest absolute Gasteiger partial charge is 0.496 e. The highest BCUT2D eigenvalue weighted by Crippen LogP contribution is 2.33. The van der Waals surface area contributed by atoms with Crippen molar-refractivity contribution in [1.29, 1.82) is 0 Å². The third-order valence-corrected chi connectivity index (χ3v) is 4.60. The molecule has 0 saturated carbocycles. The van der Waals surface area contributed by atoms with Crippen LogP contribution >= 0.6 is 34.8 Å². The van der Waals surface area contributed by atoms with Crippen molar-refractivity contribution in [3.05, 3.63) is 56.0 Å². The van der Waals surface area contributed by atoms with Crippen LogP contribution in [0.2, 0.25) is 15.1 Å². The first-order chi connectivity index (χ1) is 9.95. The third-order valence-electron chi connectivity index (χ3n) is 3.40. The molecular weight excluding hydrogens is 329 g/mol. The van der Waals surface area contributed by atoms with Gasteiger partial charge in [-0.05, 0) is 37.6 Å². The Kier molecular flexibility index (Phi) is 5.26. The van der Waals surface area contributed by atoms with Crippen molar-refractivity contribution in [1.82, 2.24) is 0 Å². The molecule has 0 aliphatic heterocycles. The molecule has 2 rings (SSSR count). The lowest BCUT2D eigenvalue weighted by atomic mass is 10.1. The van der Waals surface area contributed by atoms with Crippen molar-refractivity contribution >= 4 is 40.5 Å². The number of ether oxygens (including phenoxy) is 1. The van der Waals surface area contributed by atoms with Crippen LogP contribution in [0, 0.1) is 13.8 Å². The summed E-state index contributed by atoms with van der Waals surface area (Å²) in [5.41, 5.74) is 3.90. The first-order valence-corrected chi connectivity index (χ1v) is 7.59. The number of anilines is 1. The first-order valence-electron chi connectivity index (χ1n) is 6.46. The summed E-state index contributed by atoms with van der Waals surface area (Å²) < 4.78 is 5.42. The number of nitrogens with one attached hydrogen (secondary N) is 1. The molecule has 0 aliphatic rings. The van der Waals surface area contributed by atoms with E-state index in [2.05, 4.69) is 5.32 Å². The van der Waals surface area contributed by atoms with E-state index in [0.717, 1.165) is 28.1 Å². The van der Waals surface area contributed by atoms with Crippen LogP contribution in [0.4, 0.5) is 5.69 Å². The minimum atomic E-state index is 0.480. The Balaban J connectivity index is 2.27. The average Bonchev–Trinajstić information content (AvgIpc) is 2.45. The van der Waals surface area contributed by atoms with Crippen LogP contribution in [0.1, 0.15) is 16.7 Å². The van der Waals surface area contributed by atoms with E-state index < -0.39 is 0 Å². The number of methoxy groups -OCH3 is 1. The second kappa shape index (κ2) is 6.78. The molecule has 5 heteroatoms. The molecule has 0 heterocycles. The maximum atomic E-state index is 6.21. The minimum absolute atomic E-state index is 0.480. The van der Waals surface area contributed by atoms with Gasteiger partial charge in [-0.3, -0.25) is 0 Å². The molecule has 0 aromatic heterocycles. The Bertz CT molecular complexity index is 671. The van der Waals surface area contributed by atoms with E-state index in [4.69, 9.17) is 39.5 Å². The second-order valence-corrected chi connectivity index (χ2v) is 5.96. The highest BCUT2D eigenvalue weighted by molar-refractivity contribution is 6.44. The summed E-state index contributed by atoms with van der Waals surface area (Å²) in [7, 11) is 1.67. The standard InChI is InChI=1S/C16H16Cl3NO/c1-9-4-7-14(10(2)16(9)21-3)20-8-11-12(17)5-6-13(18)15(11)19/h4-7,20H,8H2,1-3H3. The van der Waals surface area contributed by atoms with Crippen molar-refractivity contribution in [2.45, 2.75) is 20.4 Å². The monoisotopic (exact) mass is 343 g/mol. The molecule has 0 radical (unpaired) electrons. The fourth-order valence-corrected chi connectivity index (χ4v) is 2.93. The molecule has 0 amide bonds. The maximum Gasteiger partial charge on any atom is 0.126 e. The molecule has 2 aromatic rings. The lowest BCUT2D eigenvalue weighted by Crippen LogP contribution is -2.04. The van der Waals surface area contributed by atoms with Gasteiger partial charge in [-0.15, -0.1) is 0 Å². The van der Waals surface area contributed by atoms with Crippen LogP contribution in [0.5, 0.6) is 5.75 Å². The molecule has 0 bridgehead atoms. The van der Waals surface area contributed by atoms with Gasteiger partial charge >= 0.3 is 0 Å². The van der Waals surface area contributed by atoms with Crippen molar-refractivity contribution in [3.63, 3.8) is 0 Å². The van der Waals surface area contributed by atoms with Gasteiger partial charge in [0.1, 0.15) is 5.75 Å². The predicted molar refractivity (Wildman–Crippen MR) is 91.3 cm³/mol. The number of hydrogen-bond donors (Lipinski definition) is 1. The van der Waals surface area contributed by atoms with Crippen molar-refractivity contribution in [3.8, 4) is 5.75 Å². The first kappa shape index (κ1) is 16.3. The van der Waals surface area contributed by atoms with Crippen LogP contribution in [-0.4, -0.2) is 7.11 Å². The van der Waals surface area contributed by atoms with E-state index in [0.29, 0.717) is 21.6 Å². The Morgan fingerprint density at radius 2 is 1.67 bits per heavy atom. The Morgan fingerprint density at radius 3 is 2.33 bits per heavy atom. The van der Waals surface area contributed by atoms with Crippen LogP contribution < -0.4 is 10.1 Å². The molecule has 0 saturated heterocycles. The van der Waals surface area contributed by atoms with Gasteiger partial charge in [-0.1, -0.05) is 40.9 Å². The van der Waals surface area contributed by atoms with Gasteiger partial charge in [0.05, 0.1) is 17.2 Å². The number of halogens is 3. The predicted octanol–water partition coefficient (Wildman–Crippen LogP) is 5.88. The smallest absolute Gasteiger partial charge is 0.126 e. The lowest BCUT2D eigenvalue weighted by molar-refractivity contribution is 0.409. The van der Waals surface area contributed by atoms with E-state index in [1.54, 1.807) is 19.2 Å². The van der Waals surface area contributed by atoms with E-state index in [9.17, 15) is 0 Å². The molecule has 0 spiro atoms. The topological polar surface area (TPSA) is 21.3 Å². The summed E-state index contributed by atoms with van der Waals surface area (Å²) in [5, 5.41) is 4.90. The Hall–Kier alpha value is -1.09. The summed E-state index contributed by atoms with van der Waals surface area (Å²) in [6.07, 6.45) is 0. The molecule has 1 N–H and O–H groups in total. The second-order valence-electron chi connectivity index (χ2n) is 4.76. The zero-order chi connectivity index (χ0) is 15.6. The number of benzene rings is 2. The van der Waals surface area contributed by atoms with Crippen molar-refractivity contribution in [2.24, 2.45) is 0 Å². The maximum absolute atomic E-state index is 6.21. The average molecular weight is 345 g/mol. The molecular formula is C16H16Cl3NO. The SMILES string of the molecule is COc1c(C)ccc(NCc2c(Cl)ccc(Cl)c2Cl)c1C. The van der Waals surface area contributed by atoms with Crippen LogP contribution in [-0.2, 0) is 6.54 Å². The van der Waals surface area contributed by atoms with E-state index in [-0.39, 0.29) is 0 Å². The summed E-state index contributed by atoms with van der Waals surface area (Å²) in [4.78, 5) is 0. The minimum Gasteiger partial charge on any atom is -0.496 e. The molecule has 2 nitrogen and oxygen atoms in total. The normalized spacial score (nSPS) is 10.6. The zero-order valence-electron chi connectivity index (χ0n) is 12.1. The van der Waals surface area contributed by atoms with Gasteiger partial charge in [-0.25, -0.2) is 0 Å². The summed E-state index contributed by atoms with van der Waals surface area (Å²) in [6.45, 7) is 4.51. The van der Waals surface area contributed by atoms with Crippen LogP contribution in [0.25, 0.3) is 0 Å². The molecule has 112 valence electrons. The van der Waals surface area contributed by atoms with Gasteiger partial charge in [0.15, 0.2) is 0 Å². The van der Waals surface area contributed by atoms with E-state index in [1.807, 2.05) is 26.0 Å². The fourth-order valence-electron chi connectivity index (χ4n) is 2.25. The highest BCUT2D eigenvalue weighted by Gasteiger charge is 2.12. The quantitative estimate of drug-likeness (QED) is 0.699. The fraction of sp³-hybridized carbons (Fsp3) is 0.250. The van der Waals surface area contributed by atoms with Crippen LogP contribution in [0.15, 0.2) is 24.3 Å². The molecule has 0 aliphatic carbocycles. The molecule has 0 fully saturated rings. The number of aryl methyl sites for hydroxylation is 1. The van der Waals surface area contributed by atoms with Crippen molar-refractivity contribution in [2.75, 3.05) is 12.4 Å². The summed E-state index contributed by atoms with van der Waals surface area (Å²) >= 11 is 18.4. The van der Waals surface area contributed by atoms with Gasteiger partial charge in [0, 0.05) is 28.4 Å².